The molecule has 0 aromatic rings. The van der Waals surface area contributed by atoms with Gasteiger partial charge in [-0.2, -0.15) is 11.8 Å². The van der Waals surface area contributed by atoms with Crippen LogP contribution in [0.15, 0.2) is 0 Å². The van der Waals surface area contributed by atoms with E-state index in [-0.39, 0.29) is 29.2 Å². The molecule has 138 valence electrons. The third-order valence-corrected chi connectivity index (χ3v) is 5.12. The van der Waals surface area contributed by atoms with Gasteiger partial charge in [0.1, 0.15) is 12.1 Å². The Labute approximate surface area is 149 Å². The van der Waals surface area contributed by atoms with E-state index in [4.69, 9.17) is 0 Å². The number of hydrogen-bond acceptors (Lipinski definition) is 4. The molecule has 0 saturated carbocycles. The largest absolute Gasteiger partial charge is 0.357 e. The Bertz CT molecular complexity index is 476. The number of likely N-dealkylation sites (N-methyl/N-ethyl adjacent to an activating group) is 1. The van der Waals surface area contributed by atoms with Crippen molar-refractivity contribution in [3.05, 3.63) is 0 Å². The van der Waals surface area contributed by atoms with Gasteiger partial charge in [-0.3, -0.25) is 14.4 Å². The molecule has 0 aromatic carbocycles. The summed E-state index contributed by atoms with van der Waals surface area (Å²) in [5, 5.41) is 5.43. The van der Waals surface area contributed by atoms with Crippen LogP contribution in [0.2, 0.25) is 0 Å². The molecule has 1 rings (SSSR count). The van der Waals surface area contributed by atoms with Crippen molar-refractivity contribution < 1.29 is 14.4 Å². The zero-order valence-electron chi connectivity index (χ0n) is 15.6. The van der Waals surface area contributed by atoms with Gasteiger partial charge in [0.05, 0.1) is 0 Å². The Balaban J connectivity index is 3.11. The first-order valence-electron chi connectivity index (χ1n) is 8.43. The first kappa shape index (κ1) is 20.8. The topological polar surface area (TPSA) is 78.5 Å². The standard InChI is InChI=1S/C17H31N3O3S/c1-11(21)19-12(9-10-24-6)16(23)20-13(15(22)18-5)7-8-14(20)17(2,3)4/h12-14H,7-10H2,1-6H3,(H,18,22)(H,19,21)/t12-,13-,14+/m0/s1. The smallest absolute Gasteiger partial charge is 0.246 e. The van der Waals surface area contributed by atoms with Crippen molar-refractivity contribution in [2.45, 2.75) is 65.1 Å². The zero-order chi connectivity index (χ0) is 18.5. The van der Waals surface area contributed by atoms with Gasteiger partial charge in [0.15, 0.2) is 0 Å². The summed E-state index contributed by atoms with van der Waals surface area (Å²) >= 11 is 1.63. The molecule has 0 radical (unpaired) electrons. The number of nitrogens with one attached hydrogen (secondary N) is 2. The molecule has 0 unspecified atom stereocenters. The Morgan fingerprint density at radius 2 is 1.88 bits per heavy atom. The molecule has 3 atom stereocenters. The van der Waals surface area contributed by atoms with Crippen LogP contribution >= 0.6 is 11.8 Å². The average Bonchev–Trinajstić information content (AvgIpc) is 2.94. The monoisotopic (exact) mass is 357 g/mol. The molecule has 1 heterocycles. The highest BCUT2D eigenvalue weighted by Crippen LogP contribution is 2.36. The van der Waals surface area contributed by atoms with Crippen LogP contribution in [0.25, 0.3) is 0 Å². The lowest BCUT2D eigenvalue weighted by Gasteiger charge is -2.39. The second-order valence-electron chi connectivity index (χ2n) is 7.37. The van der Waals surface area contributed by atoms with Crippen LogP contribution in [0.1, 0.15) is 47.0 Å². The first-order valence-corrected chi connectivity index (χ1v) is 9.82. The van der Waals surface area contributed by atoms with E-state index in [1.807, 2.05) is 6.26 Å². The third kappa shape index (κ3) is 5.13. The fourth-order valence-electron chi connectivity index (χ4n) is 3.31. The third-order valence-electron chi connectivity index (χ3n) is 4.47. The second-order valence-corrected chi connectivity index (χ2v) is 8.35. The van der Waals surface area contributed by atoms with Gasteiger partial charge in [-0.05, 0) is 36.7 Å². The van der Waals surface area contributed by atoms with Crippen molar-refractivity contribution in [2.75, 3.05) is 19.1 Å². The summed E-state index contributed by atoms with van der Waals surface area (Å²) in [6, 6.07) is -1.06. The van der Waals surface area contributed by atoms with Crippen LogP contribution in [0, 0.1) is 5.41 Å². The van der Waals surface area contributed by atoms with Crippen molar-refractivity contribution in [1.82, 2.24) is 15.5 Å². The molecule has 0 aromatic heterocycles. The van der Waals surface area contributed by atoms with Gasteiger partial charge in [0, 0.05) is 20.0 Å². The molecule has 1 aliphatic heterocycles. The maximum atomic E-state index is 13.2. The van der Waals surface area contributed by atoms with Crippen molar-refractivity contribution in [3.8, 4) is 0 Å². The lowest BCUT2D eigenvalue weighted by Crippen LogP contribution is -2.57. The van der Waals surface area contributed by atoms with Crippen molar-refractivity contribution in [3.63, 3.8) is 0 Å². The molecule has 3 amide bonds. The molecule has 6 nitrogen and oxygen atoms in total. The van der Waals surface area contributed by atoms with Crippen LogP contribution < -0.4 is 10.6 Å². The number of carbonyl (C=O) groups excluding carboxylic acids is 3. The number of thioether (sulfide) groups is 1. The SMILES string of the molecule is CNC(=O)[C@@H]1CC[C@H](C(C)(C)C)N1C(=O)[C@H](CCSC)NC(C)=O. The number of amides is 3. The normalized spacial score (nSPS) is 22.2. The molecular weight excluding hydrogens is 326 g/mol. The summed E-state index contributed by atoms with van der Waals surface area (Å²) in [5.74, 6) is 0.263. The second kappa shape index (κ2) is 8.74. The summed E-state index contributed by atoms with van der Waals surface area (Å²) in [5.41, 5.74) is -0.126. The maximum Gasteiger partial charge on any atom is 0.246 e. The Kier molecular flexibility index (Phi) is 7.57. The number of rotatable bonds is 6. The predicted octanol–water partition coefficient (Wildman–Crippen LogP) is 1.40. The Morgan fingerprint density at radius 3 is 2.33 bits per heavy atom. The number of hydrogen-bond donors (Lipinski definition) is 2. The molecule has 2 N–H and O–H groups in total. The van der Waals surface area contributed by atoms with Gasteiger partial charge >= 0.3 is 0 Å². The quantitative estimate of drug-likeness (QED) is 0.753. The maximum absolute atomic E-state index is 13.2. The number of likely N-dealkylation sites (tertiary alicyclic amines) is 1. The highest BCUT2D eigenvalue weighted by atomic mass is 32.2. The first-order chi connectivity index (χ1) is 11.1. The molecule has 0 bridgehead atoms. The molecule has 1 fully saturated rings. The molecular formula is C17H31N3O3S. The minimum absolute atomic E-state index is 0.0159. The lowest BCUT2D eigenvalue weighted by molar-refractivity contribution is -0.145. The van der Waals surface area contributed by atoms with Crippen molar-refractivity contribution in [1.29, 1.82) is 0 Å². The van der Waals surface area contributed by atoms with E-state index >= 15 is 0 Å². The van der Waals surface area contributed by atoms with Crippen LogP contribution in [0.5, 0.6) is 0 Å². The fraction of sp³-hybridized carbons (Fsp3) is 0.824. The van der Waals surface area contributed by atoms with Crippen LogP contribution in [0.4, 0.5) is 0 Å². The van der Waals surface area contributed by atoms with Crippen LogP contribution in [0.3, 0.4) is 0 Å². The van der Waals surface area contributed by atoms with Gasteiger partial charge in [0.2, 0.25) is 17.7 Å². The minimum atomic E-state index is -0.579. The van der Waals surface area contributed by atoms with Crippen LogP contribution in [-0.4, -0.2) is 59.8 Å². The highest BCUT2D eigenvalue weighted by molar-refractivity contribution is 7.98. The predicted molar refractivity (Wildman–Crippen MR) is 97.8 cm³/mol. The lowest BCUT2D eigenvalue weighted by atomic mass is 9.85. The van der Waals surface area contributed by atoms with Gasteiger partial charge in [-0.25, -0.2) is 0 Å². The molecule has 1 saturated heterocycles. The molecule has 24 heavy (non-hydrogen) atoms. The zero-order valence-corrected chi connectivity index (χ0v) is 16.5. The Morgan fingerprint density at radius 1 is 1.25 bits per heavy atom. The molecule has 0 spiro atoms. The highest BCUT2D eigenvalue weighted by Gasteiger charge is 2.46. The van der Waals surface area contributed by atoms with E-state index in [1.54, 1.807) is 23.7 Å². The van der Waals surface area contributed by atoms with Gasteiger partial charge in [-0.15, -0.1) is 0 Å². The van der Waals surface area contributed by atoms with Gasteiger partial charge in [0.25, 0.3) is 0 Å². The van der Waals surface area contributed by atoms with Gasteiger partial charge < -0.3 is 15.5 Å². The van der Waals surface area contributed by atoms with Crippen LogP contribution in [-0.2, 0) is 14.4 Å². The summed E-state index contributed by atoms with van der Waals surface area (Å²) in [6.45, 7) is 7.67. The molecule has 0 aliphatic carbocycles. The van der Waals surface area contributed by atoms with E-state index in [2.05, 4.69) is 31.4 Å². The molecule has 7 heteroatoms. The summed E-state index contributed by atoms with van der Waals surface area (Å²) in [4.78, 5) is 38.7. The number of carbonyl (C=O) groups is 3. The summed E-state index contributed by atoms with van der Waals surface area (Å²) in [7, 11) is 1.59. The summed E-state index contributed by atoms with van der Waals surface area (Å²) in [6.07, 6.45) is 3.98. The average molecular weight is 358 g/mol. The van der Waals surface area contributed by atoms with Crippen molar-refractivity contribution in [2.24, 2.45) is 5.41 Å². The van der Waals surface area contributed by atoms with E-state index < -0.39 is 12.1 Å². The Hall–Kier alpha value is -1.24. The van der Waals surface area contributed by atoms with Crippen molar-refractivity contribution >= 4 is 29.5 Å². The van der Waals surface area contributed by atoms with E-state index in [9.17, 15) is 14.4 Å². The van der Waals surface area contributed by atoms with E-state index in [0.717, 1.165) is 12.2 Å². The van der Waals surface area contributed by atoms with E-state index in [1.165, 1.54) is 6.92 Å². The minimum Gasteiger partial charge on any atom is -0.357 e. The van der Waals surface area contributed by atoms with E-state index in [0.29, 0.717) is 12.8 Å². The summed E-state index contributed by atoms with van der Waals surface area (Å²) < 4.78 is 0. The van der Waals surface area contributed by atoms with Gasteiger partial charge in [-0.1, -0.05) is 20.8 Å². The number of nitrogens with zero attached hydrogens (tertiary/aromatic N) is 1. The fourth-order valence-corrected chi connectivity index (χ4v) is 3.78. The molecule has 1 aliphatic rings.